The maximum absolute atomic E-state index is 13.9. The van der Waals surface area contributed by atoms with E-state index in [2.05, 4.69) is 31.9 Å². The Bertz CT molecular complexity index is 619. The van der Waals surface area contributed by atoms with Crippen LogP contribution in [0.1, 0.15) is 17.2 Å². The van der Waals surface area contributed by atoms with E-state index in [-0.39, 0.29) is 5.82 Å². The molecule has 2 N–H and O–H groups in total. The molecule has 0 heterocycles. The van der Waals surface area contributed by atoms with Gasteiger partial charge in [-0.05, 0) is 42.3 Å². The van der Waals surface area contributed by atoms with E-state index in [1.54, 1.807) is 19.2 Å². The monoisotopic (exact) mass is 401 g/mol. The number of nitrogens with two attached hydrogens (primary N) is 1. The van der Waals surface area contributed by atoms with E-state index in [1.165, 1.54) is 6.07 Å². The summed E-state index contributed by atoms with van der Waals surface area (Å²) in [5, 5.41) is 0. The van der Waals surface area contributed by atoms with Crippen molar-refractivity contribution >= 4 is 31.9 Å². The summed E-state index contributed by atoms with van der Waals surface area (Å²) in [6.07, 6.45) is 0.501. The maximum Gasteiger partial charge on any atom is 0.129 e. The molecule has 2 rings (SSSR count). The maximum atomic E-state index is 13.9. The molecule has 0 fully saturated rings. The highest BCUT2D eigenvalue weighted by Crippen LogP contribution is 2.28. The molecule has 20 heavy (non-hydrogen) atoms. The summed E-state index contributed by atoms with van der Waals surface area (Å²) in [6.45, 7) is 0. The van der Waals surface area contributed by atoms with Gasteiger partial charge in [0.2, 0.25) is 0 Å². The van der Waals surface area contributed by atoms with E-state index in [4.69, 9.17) is 10.5 Å². The molecule has 2 aromatic carbocycles. The van der Waals surface area contributed by atoms with Crippen molar-refractivity contribution < 1.29 is 9.13 Å². The molecule has 0 aliphatic carbocycles. The normalized spacial score (nSPS) is 12.2. The van der Waals surface area contributed by atoms with Gasteiger partial charge in [-0.1, -0.05) is 37.9 Å². The van der Waals surface area contributed by atoms with E-state index < -0.39 is 6.04 Å². The summed E-state index contributed by atoms with van der Waals surface area (Å²) < 4.78 is 20.9. The average molecular weight is 403 g/mol. The second-order valence-electron chi connectivity index (χ2n) is 4.43. The minimum Gasteiger partial charge on any atom is -0.496 e. The van der Waals surface area contributed by atoms with Crippen LogP contribution in [0, 0.1) is 5.82 Å². The third-order valence-electron chi connectivity index (χ3n) is 3.04. The van der Waals surface area contributed by atoms with E-state index >= 15 is 0 Å². The molecule has 106 valence electrons. The highest BCUT2D eigenvalue weighted by molar-refractivity contribution is 9.10. The van der Waals surface area contributed by atoms with Gasteiger partial charge in [0, 0.05) is 20.6 Å². The van der Waals surface area contributed by atoms with E-state index in [0.717, 1.165) is 15.8 Å². The number of halogens is 3. The Hall–Kier alpha value is -0.910. The van der Waals surface area contributed by atoms with Crippen molar-refractivity contribution in [2.24, 2.45) is 5.73 Å². The Morgan fingerprint density at radius 3 is 2.45 bits per heavy atom. The number of benzene rings is 2. The van der Waals surface area contributed by atoms with Crippen molar-refractivity contribution in [1.82, 2.24) is 0 Å². The molecule has 0 aliphatic heterocycles. The minimum absolute atomic E-state index is 0.305. The van der Waals surface area contributed by atoms with Crippen LogP contribution in [0.25, 0.3) is 0 Å². The Balaban J connectivity index is 2.27. The molecule has 0 aliphatic rings. The fourth-order valence-corrected chi connectivity index (χ4v) is 2.80. The smallest absolute Gasteiger partial charge is 0.129 e. The van der Waals surface area contributed by atoms with E-state index in [1.807, 2.05) is 18.2 Å². The molecule has 2 aromatic rings. The molecule has 0 bridgehead atoms. The first-order valence-corrected chi connectivity index (χ1v) is 7.63. The SMILES string of the molecule is COc1ccc(Br)cc1CC(N)c1ccc(Br)cc1F. The van der Waals surface area contributed by atoms with Crippen molar-refractivity contribution in [3.63, 3.8) is 0 Å². The molecular weight excluding hydrogens is 389 g/mol. The van der Waals surface area contributed by atoms with Gasteiger partial charge in [0.05, 0.1) is 7.11 Å². The first-order valence-electron chi connectivity index (χ1n) is 6.04. The van der Waals surface area contributed by atoms with Gasteiger partial charge in [-0.25, -0.2) is 4.39 Å². The second-order valence-corrected chi connectivity index (χ2v) is 6.26. The number of hydrogen-bond donors (Lipinski definition) is 1. The Morgan fingerprint density at radius 2 is 1.80 bits per heavy atom. The van der Waals surface area contributed by atoms with Gasteiger partial charge in [0.25, 0.3) is 0 Å². The van der Waals surface area contributed by atoms with Crippen molar-refractivity contribution in [2.45, 2.75) is 12.5 Å². The summed E-state index contributed by atoms with van der Waals surface area (Å²) in [7, 11) is 1.61. The lowest BCUT2D eigenvalue weighted by atomic mass is 9.98. The first kappa shape index (κ1) is 15.5. The van der Waals surface area contributed by atoms with Crippen LogP contribution in [0.2, 0.25) is 0 Å². The van der Waals surface area contributed by atoms with Crippen molar-refractivity contribution in [3.8, 4) is 5.75 Å². The van der Waals surface area contributed by atoms with Crippen molar-refractivity contribution in [3.05, 3.63) is 62.3 Å². The van der Waals surface area contributed by atoms with Crippen LogP contribution in [0.4, 0.5) is 4.39 Å². The molecule has 1 unspecified atom stereocenters. The van der Waals surface area contributed by atoms with Crippen LogP contribution in [0.15, 0.2) is 45.3 Å². The van der Waals surface area contributed by atoms with Crippen LogP contribution < -0.4 is 10.5 Å². The van der Waals surface area contributed by atoms with Gasteiger partial charge in [0.1, 0.15) is 11.6 Å². The summed E-state index contributed by atoms with van der Waals surface area (Å²) >= 11 is 6.66. The highest BCUT2D eigenvalue weighted by Gasteiger charge is 2.15. The third-order valence-corrected chi connectivity index (χ3v) is 4.03. The number of methoxy groups -OCH3 is 1. The zero-order valence-corrected chi connectivity index (χ0v) is 14.0. The fourth-order valence-electron chi connectivity index (χ4n) is 2.06. The van der Waals surface area contributed by atoms with Gasteiger partial charge < -0.3 is 10.5 Å². The number of rotatable bonds is 4. The van der Waals surface area contributed by atoms with E-state index in [0.29, 0.717) is 16.5 Å². The first-order chi connectivity index (χ1) is 9.51. The molecule has 0 amide bonds. The van der Waals surface area contributed by atoms with Crippen molar-refractivity contribution in [2.75, 3.05) is 7.11 Å². The molecule has 5 heteroatoms. The quantitative estimate of drug-likeness (QED) is 0.810. The predicted octanol–water partition coefficient (Wildman–Crippen LogP) is 4.60. The van der Waals surface area contributed by atoms with Gasteiger partial charge >= 0.3 is 0 Å². The second kappa shape index (κ2) is 6.70. The zero-order valence-electron chi connectivity index (χ0n) is 10.9. The average Bonchev–Trinajstić information content (AvgIpc) is 2.38. The predicted molar refractivity (Wildman–Crippen MR) is 85.4 cm³/mol. The van der Waals surface area contributed by atoms with Gasteiger partial charge in [-0.15, -0.1) is 0 Å². The lowest BCUT2D eigenvalue weighted by molar-refractivity contribution is 0.407. The highest BCUT2D eigenvalue weighted by atomic mass is 79.9. The zero-order chi connectivity index (χ0) is 14.7. The lowest BCUT2D eigenvalue weighted by Gasteiger charge is -2.16. The molecule has 0 radical (unpaired) electrons. The number of ether oxygens (including phenoxy) is 1. The molecular formula is C15H14Br2FNO. The van der Waals surface area contributed by atoms with Gasteiger partial charge in [-0.3, -0.25) is 0 Å². The summed E-state index contributed by atoms with van der Waals surface area (Å²) in [6, 6.07) is 10.2. The Labute approximate surface area is 134 Å². The molecule has 0 saturated carbocycles. The molecule has 0 spiro atoms. The molecule has 0 saturated heterocycles. The van der Waals surface area contributed by atoms with Crippen molar-refractivity contribution in [1.29, 1.82) is 0 Å². The van der Waals surface area contributed by atoms with Crippen LogP contribution in [0.3, 0.4) is 0 Å². The Kier molecular flexibility index (Phi) is 5.18. The lowest BCUT2D eigenvalue weighted by Crippen LogP contribution is -2.15. The third kappa shape index (κ3) is 3.59. The topological polar surface area (TPSA) is 35.2 Å². The van der Waals surface area contributed by atoms with Crippen LogP contribution in [0.5, 0.6) is 5.75 Å². The summed E-state index contributed by atoms with van der Waals surface area (Å²) in [5.41, 5.74) is 7.56. The molecule has 1 atom stereocenters. The summed E-state index contributed by atoms with van der Waals surface area (Å²) in [4.78, 5) is 0. The fraction of sp³-hybridized carbons (Fsp3) is 0.200. The Morgan fingerprint density at radius 1 is 1.15 bits per heavy atom. The summed E-state index contributed by atoms with van der Waals surface area (Å²) in [5.74, 6) is 0.446. The molecule has 0 aromatic heterocycles. The van der Waals surface area contributed by atoms with Gasteiger partial charge in [0.15, 0.2) is 0 Å². The van der Waals surface area contributed by atoms with Crippen LogP contribution in [-0.2, 0) is 6.42 Å². The standard InChI is InChI=1S/C15H14Br2FNO/c1-20-15-5-3-10(16)6-9(15)7-14(19)12-4-2-11(17)8-13(12)18/h2-6,8,14H,7,19H2,1H3. The molecule has 2 nitrogen and oxygen atoms in total. The number of hydrogen-bond acceptors (Lipinski definition) is 2. The van der Waals surface area contributed by atoms with Crippen LogP contribution >= 0.6 is 31.9 Å². The minimum atomic E-state index is -0.425. The van der Waals surface area contributed by atoms with Crippen LogP contribution in [-0.4, -0.2) is 7.11 Å². The van der Waals surface area contributed by atoms with Gasteiger partial charge in [-0.2, -0.15) is 0 Å². The largest absolute Gasteiger partial charge is 0.496 e. The van der Waals surface area contributed by atoms with E-state index in [9.17, 15) is 4.39 Å².